The van der Waals surface area contributed by atoms with Gasteiger partial charge in [0.25, 0.3) is 5.91 Å². The van der Waals surface area contributed by atoms with Crippen molar-refractivity contribution in [2.75, 3.05) is 96.1 Å². The van der Waals surface area contributed by atoms with E-state index in [0.29, 0.717) is 48.7 Å². The van der Waals surface area contributed by atoms with E-state index in [1.807, 2.05) is 60.4 Å². The Morgan fingerprint density at radius 1 is 0.720 bits per heavy atom. The number of quaternary nitrogens is 1. The number of amides is 1. The Balaban J connectivity index is 0.763. The number of esters is 1. The molecule has 4 aliphatic heterocycles. The van der Waals surface area contributed by atoms with Gasteiger partial charge in [0.15, 0.2) is 0 Å². The van der Waals surface area contributed by atoms with Gasteiger partial charge in [0.2, 0.25) is 5.88 Å². The van der Waals surface area contributed by atoms with Crippen molar-refractivity contribution in [3.05, 3.63) is 71.5 Å². The molecule has 75 heavy (non-hydrogen) atoms. The highest BCUT2D eigenvalue weighted by Crippen LogP contribution is 2.45. The van der Waals surface area contributed by atoms with Crippen molar-refractivity contribution in [1.82, 2.24) is 14.9 Å². The van der Waals surface area contributed by atoms with Crippen molar-refractivity contribution < 1.29 is 28.3 Å². The summed E-state index contributed by atoms with van der Waals surface area (Å²) < 4.78 is 18.5. The number of unbranched alkanes of at least 4 members (excludes halogenated alkanes) is 19. The van der Waals surface area contributed by atoms with E-state index < -0.39 is 0 Å². The zero-order valence-electron chi connectivity index (χ0n) is 47.8. The number of benzene rings is 1. The summed E-state index contributed by atoms with van der Waals surface area (Å²) in [7, 11) is 3.14. The van der Waals surface area contributed by atoms with Crippen LogP contribution in [-0.4, -0.2) is 118 Å². The normalized spacial score (nSPS) is 19.3. The highest BCUT2D eigenvalue weighted by molar-refractivity contribution is 6.09. The summed E-state index contributed by atoms with van der Waals surface area (Å²) in [5.41, 5.74) is 3.48. The molecule has 0 unspecified atom stereocenters. The van der Waals surface area contributed by atoms with E-state index in [-0.39, 0.29) is 23.2 Å². The largest absolute Gasteiger partial charge is 0.497 e. The average molecular weight is 1030 g/mol. The minimum atomic E-state index is -0.177. The predicted octanol–water partition coefficient (Wildman–Crippen LogP) is 14.2. The van der Waals surface area contributed by atoms with Crippen LogP contribution in [0.3, 0.4) is 0 Å². The summed E-state index contributed by atoms with van der Waals surface area (Å²) in [4.78, 5) is 43.6. The number of piperidine rings is 1. The fraction of sp³-hybridized carbons (Fsp3) is 0.719. The number of methoxy groups -OCH3 is 2. The highest BCUT2D eigenvalue weighted by Gasteiger charge is 2.38. The lowest BCUT2D eigenvalue weighted by atomic mass is 9.85. The smallest absolute Gasteiger partial charge is 0.306 e. The lowest BCUT2D eigenvalue weighted by Gasteiger charge is -2.50. The molecule has 1 amide bonds. The van der Waals surface area contributed by atoms with Crippen LogP contribution in [0.4, 0.5) is 11.5 Å². The van der Waals surface area contributed by atoms with Crippen LogP contribution in [-0.2, 0) is 9.53 Å². The maximum absolute atomic E-state index is 15.0. The maximum Gasteiger partial charge on any atom is 0.306 e. The van der Waals surface area contributed by atoms with Crippen LogP contribution in [0.1, 0.15) is 208 Å². The quantitative estimate of drug-likeness (QED) is 0.0320. The van der Waals surface area contributed by atoms with Crippen LogP contribution in [0.25, 0.3) is 0 Å². The monoisotopic (exact) mass is 1030 g/mol. The van der Waals surface area contributed by atoms with Gasteiger partial charge < -0.3 is 23.6 Å². The van der Waals surface area contributed by atoms with E-state index in [2.05, 4.69) is 28.6 Å². The van der Waals surface area contributed by atoms with Crippen molar-refractivity contribution in [2.45, 2.75) is 194 Å². The number of hydrogen-bond acceptors (Lipinski definition) is 9. The number of ether oxygens (including phenoxy) is 3. The van der Waals surface area contributed by atoms with Gasteiger partial charge in [0.05, 0.1) is 64.7 Å². The van der Waals surface area contributed by atoms with Gasteiger partial charge >= 0.3 is 5.97 Å². The summed E-state index contributed by atoms with van der Waals surface area (Å²) in [6.45, 7) is 19.1. The van der Waals surface area contributed by atoms with E-state index >= 15 is 0 Å². The predicted molar refractivity (Wildman–Crippen MR) is 307 cm³/mol. The number of aromatic nitrogens is 2. The molecule has 5 aliphatic rings. The third-order valence-electron chi connectivity index (χ3n) is 17.7. The first-order valence-corrected chi connectivity index (χ1v) is 30.5. The van der Waals surface area contributed by atoms with Crippen LogP contribution in [0, 0.1) is 24.2 Å². The van der Waals surface area contributed by atoms with E-state index in [1.165, 1.54) is 186 Å². The third kappa shape index (κ3) is 19.3. The molecule has 2 aromatic heterocycles. The number of hydrogen-bond donors (Lipinski definition) is 0. The number of rotatable bonds is 36. The minimum absolute atomic E-state index is 0.0255. The van der Waals surface area contributed by atoms with Gasteiger partial charge in [-0.2, -0.15) is 0 Å². The zero-order valence-corrected chi connectivity index (χ0v) is 47.8. The van der Waals surface area contributed by atoms with Crippen molar-refractivity contribution in [3.63, 3.8) is 0 Å². The summed E-state index contributed by atoms with van der Waals surface area (Å²) in [6, 6.07) is 15.9. The summed E-state index contributed by atoms with van der Waals surface area (Å²) in [5, 5.41) is 0. The first-order chi connectivity index (χ1) is 36.5. The fourth-order valence-corrected chi connectivity index (χ4v) is 12.6. The fourth-order valence-electron chi connectivity index (χ4n) is 12.6. The molecule has 8 rings (SSSR count). The van der Waals surface area contributed by atoms with E-state index in [4.69, 9.17) is 19.2 Å². The van der Waals surface area contributed by atoms with Crippen LogP contribution in [0.2, 0.25) is 0 Å². The Morgan fingerprint density at radius 2 is 1.31 bits per heavy atom. The van der Waals surface area contributed by atoms with Gasteiger partial charge in [-0.25, -0.2) is 9.97 Å². The molecular formula is C64H101N6O5+. The second kappa shape index (κ2) is 30.6. The van der Waals surface area contributed by atoms with Crippen LogP contribution in [0.5, 0.6) is 11.6 Å². The second-order valence-corrected chi connectivity index (χ2v) is 24.4. The van der Waals surface area contributed by atoms with Gasteiger partial charge in [0, 0.05) is 63.3 Å². The molecule has 1 saturated carbocycles. The Hall–Kier alpha value is -4.22. The topological polar surface area (TPSA) is 97.3 Å². The van der Waals surface area contributed by atoms with Crippen molar-refractivity contribution >= 4 is 23.4 Å². The molecule has 1 aromatic carbocycles. The van der Waals surface area contributed by atoms with Crippen molar-refractivity contribution in [1.29, 1.82) is 0 Å². The molecule has 0 spiro atoms. The maximum atomic E-state index is 15.0. The van der Waals surface area contributed by atoms with Gasteiger partial charge in [-0.1, -0.05) is 135 Å². The number of nitrogens with zero attached hydrogens (tertiary/aromatic N) is 6. The zero-order chi connectivity index (χ0) is 52.7. The number of piperazine rings is 3. The number of carbonyl (C=O) groups excluding carboxylic acids is 2. The highest BCUT2D eigenvalue weighted by atomic mass is 16.5. The molecule has 1 atom stereocenters. The number of carbonyl (C=O) groups is 2. The number of pyridine rings is 2. The molecule has 1 aliphatic carbocycles. The number of fused-ring (bicyclic) bond motifs is 3. The van der Waals surface area contributed by atoms with Crippen LogP contribution in [0.15, 0.2) is 54.7 Å². The molecular weight excluding hydrogens is 933 g/mol. The SMILES string of the molecule is COC(=O)C[C@H](c1ccnc(OCC2CCN(c3cc(OC)ccc3C(=O)N(CC(C)(C)CCCCCCCCCCCCCCCCCCCCCC[N+]34CCN(CC3)CC4)c3cccc(C)n3)CC2)c1)C1CC1. The summed E-state index contributed by atoms with van der Waals surface area (Å²) in [6.07, 6.45) is 35.2. The Kier molecular flexibility index (Phi) is 23.9. The summed E-state index contributed by atoms with van der Waals surface area (Å²) >= 11 is 0. The summed E-state index contributed by atoms with van der Waals surface area (Å²) in [5.74, 6) is 2.84. The Bertz CT molecular complexity index is 2130. The molecule has 6 heterocycles. The van der Waals surface area contributed by atoms with Crippen LogP contribution >= 0.6 is 0 Å². The Morgan fingerprint density at radius 3 is 1.87 bits per heavy atom. The minimum Gasteiger partial charge on any atom is -0.497 e. The van der Waals surface area contributed by atoms with E-state index in [9.17, 15) is 9.59 Å². The molecule has 0 radical (unpaired) electrons. The van der Waals surface area contributed by atoms with Gasteiger partial charge in [-0.15, -0.1) is 0 Å². The van der Waals surface area contributed by atoms with Crippen molar-refractivity contribution in [3.8, 4) is 11.6 Å². The molecule has 3 aromatic rings. The molecule has 2 bridgehead atoms. The molecule has 11 heteroatoms. The van der Waals surface area contributed by atoms with E-state index in [0.717, 1.165) is 67.9 Å². The van der Waals surface area contributed by atoms with Gasteiger partial charge in [-0.3, -0.25) is 19.4 Å². The first-order valence-electron chi connectivity index (χ1n) is 30.5. The average Bonchev–Trinajstić information content (AvgIpc) is 4.29. The molecule has 5 fully saturated rings. The lowest BCUT2D eigenvalue weighted by molar-refractivity contribution is -0.941. The van der Waals surface area contributed by atoms with Crippen molar-refractivity contribution in [2.24, 2.45) is 17.3 Å². The molecule has 4 saturated heterocycles. The van der Waals surface area contributed by atoms with E-state index in [1.54, 1.807) is 13.3 Å². The number of anilines is 2. The standard InChI is InChI=1S/C64H101N6O5/c1-52-27-26-28-60(66-52)69(51-64(2,3)36-24-22-20-18-16-14-12-10-8-6-7-9-11-13-15-17-19-21-23-25-43-70-44-40-67(41-45-70)42-46-70)63(72)57-32-31-56(73-4)48-59(57)68-38-34-53(35-39-68)50-75-61-47-55(33-37-65-61)58(54-29-30-54)49-62(71)74-5/h26-28,31-33,37,47-48,53-54,58H,6-25,29-30,34-36,38-46,49-51H2,1-5H3/q+1/t58-/m0/s1. The van der Waals surface area contributed by atoms with Gasteiger partial charge in [-0.05, 0) is 111 Å². The first kappa shape index (κ1) is 58.5. The Labute approximate surface area is 454 Å². The van der Waals surface area contributed by atoms with Gasteiger partial charge in [0.1, 0.15) is 11.6 Å². The molecule has 416 valence electrons. The molecule has 0 N–H and O–H groups in total. The third-order valence-corrected chi connectivity index (χ3v) is 17.7. The second-order valence-electron chi connectivity index (χ2n) is 24.4. The number of aryl methyl sites for hydroxylation is 1. The molecule has 11 nitrogen and oxygen atoms in total. The van der Waals surface area contributed by atoms with Crippen LogP contribution < -0.4 is 19.3 Å². The lowest BCUT2D eigenvalue weighted by Crippen LogP contribution is -2.67.